The number of nitrogens with zero attached hydrogens (tertiary/aromatic N) is 2. The first-order valence-corrected chi connectivity index (χ1v) is 10.3. The van der Waals surface area contributed by atoms with Crippen molar-refractivity contribution >= 4 is 23.6 Å². The largest absolute Gasteiger partial charge is 0.457 e. The van der Waals surface area contributed by atoms with Crippen LogP contribution in [0.3, 0.4) is 0 Å². The molecule has 0 saturated carbocycles. The molecule has 0 aliphatic carbocycles. The Hall–Kier alpha value is -3.88. The van der Waals surface area contributed by atoms with Crippen LogP contribution in [0.1, 0.15) is 34.6 Å². The molecule has 2 aromatic carbocycles. The highest BCUT2D eigenvalue weighted by Gasteiger charge is 2.28. The fraction of sp³-hybridized carbons (Fsp3) is 0.304. The van der Waals surface area contributed by atoms with Crippen molar-refractivity contribution in [3.05, 3.63) is 59.7 Å². The zero-order valence-corrected chi connectivity index (χ0v) is 18.0. The molecule has 4 amide bonds. The molecule has 3 N–H and O–H groups in total. The van der Waals surface area contributed by atoms with Gasteiger partial charge in [-0.05, 0) is 62.4 Å². The van der Waals surface area contributed by atoms with Gasteiger partial charge >= 0.3 is 11.8 Å². The number of primary amides is 1. The summed E-state index contributed by atoms with van der Waals surface area (Å²) in [6, 6.07) is 13.0. The number of hydrogen-bond donors (Lipinski definition) is 2. The summed E-state index contributed by atoms with van der Waals surface area (Å²) >= 11 is 0. The second kappa shape index (κ2) is 9.95. The van der Waals surface area contributed by atoms with Crippen molar-refractivity contribution < 1.29 is 23.9 Å². The molecule has 2 aromatic rings. The van der Waals surface area contributed by atoms with Crippen LogP contribution < -0.4 is 15.8 Å². The SMILES string of the molecule is CC(C)NC(=O)C(=O)N1CCN(C(=O)c2ccc(Oc3ccc(C(N)=O)cc3)cc2)CC1. The van der Waals surface area contributed by atoms with E-state index in [9.17, 15) is 19.2 Å². The molecule has 0 atom stereocenters. The number of benzene rings is 2. The molecule has 3 rings (SSSR count). The van der Waals surface area contributed by atoms with E-state index in [1.807, 2.05) is 0 Å². The Bertz CT molecular complexity index is 994. The lowest BCUT2D eigenvalue weighted by molar-refractivity contribution is -0.147. The molecule has 1 aliphatic rings. The van der Waals surface area contributed by atoms with Crippen LogP contribution in [0, 0.1) is 0 Å². The van der Waals surface area contributed by atoms with Crippen molar-refractivity contribution in [1.82, 2.24) is 15.1 Å². The van der Waals surface area contributed by atoms with Crippen LogP contribution >= 0.6 is 0 Å². The van der Waals surface area contributed by atoms with Crippen LogP contribution in [0.25, 0.3) is 0 Å². The summed E-state index contributed by atoms with van der Waals surface area (Å²) in [6.07, 6.45) is 0. The van der Waals surface area contributed by atoms with Crippen molar-refractivity contribution in [1.29, 1.82) is 0 Å². The Morgan fingerprint density at radius 2 is 1.28 bits per heavy atom. The highest BCUT2D eigenvalue weighted by Crippen LogP contribution is 2.22. The molecular weight excluding hydrogens is 412 g/mol. The molecule has 0 radical (unpaired) electrons. The first-order chi connectivity index (χ1) is 15.2. The molecule has 0 spiro atoms. The van der Waals surface area contributed by atoms with Crippen LogP contribution in [0.2, 0.25) is 0 Å². The van der Waals surface area contributed by atoms with Gasteiger partial charge in [0.15, 0.2) is 0 Å². The molecule has 0 unspecified atom stereocenters. The number of nitrogens with two attached hydrogens (primary N) is 1. The van der Waals surface area contributed by atoms with E-state index in [4.69, 9.17) is 10.5 Å². The van der Waals surface area contributed by atoms with Crippen molar-refractivity contribution in [2.75, 3.05) is 26.2 Å². The van der Waals surface area contributed by atoms with Crippen molar-refractivity contribution in [2.45, 2.75) is 19.9 Å². The fourth-order valence-corrected chi connectivity index (χ4v) is 3.25. The number of ether oxygens (including phenoxy) is 1. The highest BCUT2D eigenvalue weighted by molar-refractivity contribution is 6.35. The van der Waals surface area contributed by atoms with E-state index in [0.717, 1.165) is 0 Å². The summed E-state index contributed by atoms with van der Waals surface area (Å²) in [5.41, 5.74) is 6.11. The zero-order valence-electron chi connectivity index (χ0n) is 18.0. The van der Waals surface area contributed by atoms with Gasteiger partial charge in [0, 0.05) is 43.3 Å². The van der Waals surface area contributed by atoms with E-state index in [-0.39, 0.29) is 11.9 Å². The normalized spacial score (nSPS) is 13.6. The average Bonchev–Trinajstić information content (AvgIpc) is 2.78. The minimum absolute atomic E-state index is 0.115. The maximum absolute atomic E-state index is 12.8. The van der Waals surface area contributed by atoms with E-state index in [2.05, 4.69) is 5.32 Å². The van der Waals surface area contributed by atoms with E-state index in [1.165, 1.54) is 4.90 Å². The highest BCUT2D eigenvalue weighted by atomic mass is 16.5. The molecule has 0 aromatic heterocycles. The minimum Gasteiger partial charge on any atom is -0.457 e. The van der Waals surface area contributed by atoms with Gasteiger partial charge in [-0.3, -0.25) is 19.2 Å². The van der Waals surface area contributed by atoms with Crippen LogP contribution in [-0.4, -0.2) is 65.6 Å². The molecule has 1 fully saturated rings. The van der Waals surface area contributed by atoms with Gasteiger partial charge in [-0.25, -0.2) is 0 Å². The molecule has 9 nitrogen and oxygen atoms in total. The fourth-order valence-electron chi connectivity index (χ4n) is 3.25. The van der Waals surface area contributed by atoms with Gasteiger partial charge in [-0.2, -0.15) is 0 Å². The molecule has 1 saturated heterocycles. The van der Waals surface area contributed by atoms with Gasteiger partial charge in [0.2, 0.25) is 5.91 Å². The maximum Gasteiger partial charge on any atom is 0.312 e. The zero-order chi connectivity index (χ0) is 23.3. The Labute approximate surface area is 186 Å². The third-order valence-electron chi connectivity index (χ3n) is 4.94. The van der Waals surface area contributed by atoms with Crippen LogP contribution in [0.4, 0.5) is 0 Å². The van der Waals surface area contributed by atoms with Crippen molar-refractivity contribution in [3.8, 4) is 11.5 Å². The third-order valence-corrected chi connectivity index (χ3v) is 4.94. The van der Waals surface area contributed by atoms with Gasteiger partial charge in [0.25, 0.3) is 5.91 Å². The number of nitrogens with one attached hydrogen (secondary N) is 1. The first kappa shape index (κ1) is 22.8. The quantitative estimate of drug-likeness (QED) is 0.683. The van der Waals surface area contributed by atoms with Gasteiger partial charge in [-0.1, -0.05) is 0 Å². The predicted molar refractivity (Wildman–Crippen MR) is 117 cm³/mol. The Kier molecular flexibility index (Phi) is 7.09. The van der Waals surface area contributed by atoms with Crippen LogP contribution in [0.5, 0.6) is 11.5 Å². The molecule has 1 aliphatic heterocycles. The molecular formula is C23H26N4O5. The summed E-state index contributed by atoms with van der Waals surface area (Å²) in [6.45, 7) is 4.89. The van der Waals surface area contributed by atoms with E-state index >= 15 is 0 Å². The molecule has 168 valence electrons. The smallest absolute Gasteiger partial charge is 0.312 e. The summed E-state index contributed by atoms with van der Waals surface area (Å²) in [4.78, 5) is 51.1. The Morgan fingerprint density at radius 3 is 1.75 bits per heavy atom. The number of piperazine rings is 1. The standard InChI is InChI=1S/C23H26N4O5/c1-15(2)25-21(29)23(31)27-13-11-26(12-14-27)22(30)17-5-9-19(10-6-17)32-18-7-3-16(4-8-18)20(24)28/h3-10,15H,11-14H2,1-2H3,(H2,24,28)(H,25,29). The first-order valence-electron chi connectivity index (χ1n) is 10.3. The van der Waals surface area contributed by atoms with E-state index in [0.29, 0.717) is 48.8 Å². The average molecular weight is 438 g/mol. The number of carbonyl (C=O) groups excluding carboxylic acids is 4. The molecule has 9 heteroatoms. The number of hydrogen-bond acceptors (Lipinski definition) is 5. The van der Waals surface area contributed by atoms with Gasteiger partial charge < -0.3 is 25.6 Å². The molecule has 0 bridgehead atoms. The minimum atomic E-state index is -0.625. The van der Waals surface area contributed by atoms with Crippen molar-refractivity contribution in [3.63, 3.8) is 0 Å². The van der Waals surface area contributed by atoms with Crippen LogP contribution in [0.15, 0.2) is 48.5 Å². The second-order valence-corrected chi connectivity index (χ2v) is 7.73. The maximum atomic E-state index is 12.8. The summed E-state index contributed by atoms with van der Waals surface area (Å²) in [5, 5.41) is 2.59. The lowest BCUT2D eigenvalue weighted by Gasteiger charge is -2.34. The monoisotopic (exact) mass is 438 g/mol. The lowest BCUT2D eigenvalue weighted by atomic mass is 10.1. The van der Waals surface area contributed by atoms with E-state index < -0.39 is 17.7 Å². The van der Waals surface area contributed by atoms with Crippen LogP contribution in [-0.2, 0) is 9.59 Å². The summed E-state index contributed by atoms with van der Waals surface area (Å²) in [7, 11) is 0. The summed E-state index contributed by atoms with van der Waals surface area (Å²) < 4.78 is 5.72. The van der Waals surface area contributed by atoms with Gasteiger partial charge in [0.1, 0.15) is 11.5 Å². The second-order valence-electron chi connectivity index (χ2n) is 7.73. The van der Waals surface area contributed by atoms with Crippen molar-refractivity contribution in [2.24, 2.45) is 5.73 Å². The third kappa shape index (κ3) is 5.63. The predicted octanol–water partition coefficient (Wildman–Crippen LogP) is 1.39. The van der Waals surface area contributed by atoms with E-state index in [1.54, 1.807) is 67.3 Å². The Morgan fingerprint density at radius 1 is 0.812 bits per heavy atom. The summed E-state index contributed by atoms with van der Waals surface area (Å²) in [5.74, 6) is -0.781. The van der Waals surface area contributed by atoms with Gasteiger partial charge in [-0.15, -0.1) is 0 Å². The number of rotatable bonds is 5. The Balaban J connectivity index is 1.54. The number of amides is 4. The molecule has 32 heavy (non-hydrogen) atoms. The van der Waals surface area contributed by atoms with Gasteiger partial charge in [0.05, 0.1) is 0 Å². The topological polar surface area (TPSA) is 122 Å². The molecule has 1 heterocycles. The lowest BCUT2D eigenvalue weighted by Crippen LogP contribution is -2.54. The number of carbonyl (C=O) groups is 4.